The Hall–Kier alpha value is -2.00. The zero-order chi connectivity index (χ0) is 19.8. The minimum Gasteiger partial charge on any atom is -0.355 e. The number of hydrogen-bond donors (Lipinski definition) is 1. The lowest BCUT2D eigenvalue weighted by Crippen LogP contribution is -2.36. The minimum absolute atomic E-state index is 0.302. The van der Waals surface area contributed by atoms with Gasteiger partial charge in [0.2, 0.25) is 10.0 Å². The quantitative estimate of drug-likeness (QED) is 0.581. The Morgan fingerprint density at radius 3 is 2.86 bits per heavy atom. The van der Waals surface area contributed by atoms with Crippen LogP contribution < -0.4 is 4.72 Å². The van der Waals surface area contributed by atoms with Crippen LogP contribution in [0.3, 0.4) is 0 Å². The fourth-order valence-electron chi connectivity index (χ4n) is 4.52. The SMILES string of the molecule is O=S(=O)(NCCCN1CCc2cccc3c2C1CC3)c1ccc(-c2ccno2)s1. The van der Waals surface area contributed by atoms with Crippen LogP contribution in [0.25, 0.3) is 10.6 Å². The maximum Gasteiger partial charge on any atom is 0.250 e. The highest BCUT2D eigenvalue weighted by Crippen LogP contribution is 2.41. The normalized spacial score (nSPS) is 18.8. The fourth-order valence-corrected chi connectivity index (χ4v) is 6.90. The Bertz CT molecular complexity index is 1110. The van der Waals surface area contributed by atoms with Crippen LogP contribution in [-0.2, 0) is 22.9 Å². The van der Waals surface area contributed by atoms with Crippen molar-refractivity contribution in [3.8, 4) is 10.6 Å². The first-order valence-corrected chi connectivity index (χ1v) is 12.3. The maximum atomic E-state index is 12.6. The van der Waals surface area contributed by atoms with Crippen molar-refractivity contribution in [1.82, 2.24) is 14.8 Å². The Balaban J connectivity index is 1.17. The average molecular weight is 430 g/mol. The summed E-state index contributed by atoms with van der Waals surface area (Å²) >= 11 is 1.19. The molecule has 1 aromatic carbocycles. The standard InChI is InChI=1S/C21H23N3O3S2/c25-29(26,20-8-7-19(28-20)18-9-12-22-27-18)23-11-2-13-24-14-10-16-4-1-3-15-5-6-17(24)21(15)16/h1,3-4,7-9,12,17,23H,2,5-6,10-11,13-14H2. The van der Waals surface area contributed by atoms with Crippen LogP contribution >= 0.6 is 11.3 Å². The Labute approximate surface area is 174 Å². The van der Waals surface area contributed by atoms with Crippen LogP contribution in [0.1, 0.15) is 35.6 Å². The number of aryl methyl sites for hydroxylation is 1. The lowest BCUT2D eigenvalue weighted by Gasteiger charge is -2.35. The molecule has 2 aromatic heterocycles. The van der Waals surface area contributed by atoms with Crippen molar-refractivity contribution in [2.45, 2.75) is 35.9 Å². The summed E-state index contributed by atoms with van der Waals surface area (Å²) in [6, 6.07) is 12.3. The Kier molecular flexibility index (Phi) is 5.03. The van der Waals surface area contributed by atoms with Crippen molar-refractivity contribution in [1.29, 1.82) is 0 Å². The molecule has 1 unspecified atom stereocenters. The third kappa shape index (κ3) is 3.66. The molecule has 5 rings (SSSR count). The van der Waals surface area contributed by atoms with Gasteiger partial charge in [-0.1, -0.05) is 23.4 Å². The van der Waals surface area contributed by atoms with Gasteiger partial charge in [0.1, 0.15) is 4.21 Å². The number of nitrogens with zero attached hydrogens (tertiary/aromatic N) is 2. The summed E-state index contributed by atoms with van der Waals surface area (Å²) in [5.74, 6) is 0.581. The molecule has 8 heteroatoms. The summed E-state index contributed by atoms with van der Waals surface area (Å²) in [4.78, 5) is 3.28. The van der Waals surface area contributed by atoms with Gasteiger partial charge in [-0.05, 0) is 54.5 Å². The number of aromatic nitrogens is 1. The smallest absolute Gasteiger partial charge is 0.250 e. The van der Waals surface area contributed by atoms with Gasteiger partial charge in [-0.25, -0.2) is 13.1 Å². The maximum absolute atomic E-state index is 12.6. The van der Waals surface area contributed by atoms with Crippen LogP contribution in [0.15, 0.2) is 51.3 Å². The lowest BCUT2D eigenvalue weighted by molar-refractivity contribution is 0.184. The second-order valence-electron chi connectivity index (χ2n) is 7.58. The molecule has 0 bridgehead atoms. The molecule has 0 saturated carbocycles. The van der Waals surface area contributed by atoms with Crippen molar-refractivity contribution in [3.63, 3.8) is 0 Å². The third-order valence-corrected chi connectivity index (χ3v) is 8.91. The molecule has 3 aromatic rings. The first kappa shape index (κ1) is 19.0. The molecule has 0 radical (unpaired) electrons. The molecule has 29 heavy (non-hydrogen) atoms. The van der Waals surface area contributed by atoms with Crippen LogP contribution in [-0.4, -0.2) is 38.1 Å². The Morgan fingerprint density at radius 2 is 2.03 bits per heavy atom. The first-order valence-electron chi connectivity index (χ1n) is 9.97. The minimum atomic E-state index is -3.50. The van der Waals surface area contributed by atoms with Gasteiger partial charge in [-0.2, -0.15) is 0 Å². The summed E-state index contributed by atoms with van der Waals surface area (Å²) in [5, 5.41) is 3.67. The van der Waals surface area contributed by atoms with E-state index in [9.17, 15) is 8.42 Å². The molecule has 0 spiro atoms. The molecule has 3 heterocycles. The molecule has 152 valence electrons. The molecule has 0 fully saturated rings. The molecule has 1 N–H and O–H groups in total. The van der Waals surface area contributed by atoms with Gasteiger partial charge in [0.25, 0.3) is 0 Å². The predicted octanol–water partition coefficient (Wildman–Crippen LogP) is 3.62. The zero-order valence-corrected chi connectivity index (χ0v) is 17.6. The van der Waals surface area contributed by atoms with Gasteiger partial charge >= 0.3 is 0 Å². The predicted molar refractivity (Wildman–Crippen MR) is 112 cm³/mol. The molecule has 1 aliphatic carbocycles. The second-order valence-corrected chi connectivity index (χ2v) is 10.7. The van der Waals surface area contributed by atoms with Crippen molar-refractivity contribution in [3.05, 3.63) is 59.3 Å². The van der Waals surface area contributed by atoms with E-state index < -0.39 is 10.0 Å². The summed E-state index contributed by atoms with van der Waals surface area (Å²) < 4.78 is 33.3. The van der Waals surface area contributed by atoms with Crippen LogP contribution in [0.2, 0.25) is 0 Å². The van der Waals surface area contributed by atoms with E-state index in [1.165, 1.54) is 34.4 Å². The number of hydrogen-bond acceptors (Lipinski definition) is 6. The number of nitrogens with one attached hydrogen (secondary N) is 1. The zero-order valence-electron chi connectivity index (χ0n) is 16.0. The van der Waals surface area contributed by atoms with Crippen LogP contribution in [0, 0.1) is 0 Å². The molecule has 1 atom stereocenters. The molecule has 6 nitrogen and oxygen atoms in total. The van der Waals surface area contributed by atoms with E-state index in [0.29, 0.717) is 22.6 Å². The summed E-state index contributed by atoms with van der Waals surface area (Å²) in [6.45, 7) is 2.41. The highest BCUT2D eigenvalue weighted by molar-refractivity contribution is 7.91. The average Bonchev–Trinajstić information content (AvgIpc) is 3.47. The molecular formula is C21H23N3O3S2. The van der Waals surface area contributed by atoms with E-state index in [2.05, 4.69) is 33.0 Å². The van der Waals surface area contributed by atoms with Gasteiger partial charge in [0.05, 0.1) is 11.1 Å². The van der Waals surface area contributed by atoms with E-state index >= 15 is 0 Å². The first-order chi connectivity index (χ1) is 14.1. The number of sulfonamides is 1. The lowest BCUT2D eigenvalue weighted by atomic mass is 9.93. The second kappa shape index (κ2) is 7.68. The number of benzene rings is 1. The van der Waals surface area contributed by atoms with Gasteiger partial charge in [-0.3, -0.25) is 4.90 Å². The third-order valence-electron chi connectivity index (χ3n) is 5.86. The number of thiophene rings is 1. The monoisotopic (exact) mass is 429 g/mol. The number of rotatable bonds is 7. The molecular weight excluding hydrogens is 406 g/mol. The topological polar surface area (TPSA) is 75.4 Å². The Morgan fingerprint density at radius 1 is 1.17 bits per heavy atom. The van der Waals surface area contributed by atoms with E-state index in [-0.39, 0.29) is 0 Å². The van der Waals surface area contributed by atoms with Crippen molar-refractivity contribution in [2.75, 3.05) is 19.6 Å². The summed E-state index contributed by atoms with van der Waals surface area (Å²) in [5.41, 5.74) is 4.54. The fraction of sp³-hybridized carbons (Fsp3) is 0.381. The van der Waals surface area contributed by atoms with Gasteiger partial charge in [0, 0.05) is 31.7 Å². The molecule has 0 saturated heterocycles. The van der Waals surface area contributed by atoms with E-state index in [1.807, 2.05) is 0 Å². The van der Waals surface area contributed by atoms with Crippen molar-refractivity contribution in [2.24, 2.45) is 0 Å². The van der Waals surface area contributed by atoms with E-state index in [0.717, 1.165) is 37.2 Å². The molecule has 2 aliphatic rings. The van der Waals surface area contributed by atoms with Crippen molar-refractivity contribution < 1.29 is 12.9 Å². The highest BCUT2D eigenvalue weighted by atomic mass is 32.2. The molecule has 0 amide bonds. The largest absolute Gasteiger partial charge is 0.355 e. The van der Waals surface area contributed by atoms with Gasteiger partial charge in [-0.15, -0.1) is 11.3 Å². The van der Waals surface area contributed by atoms with Gasteiger partial charge < -0.3 is 4.52 Å². The highest BCUT2D eigenvalue weighted by Gasteiger charge is 2.32. The van der Waals surface area contributed by atoms with Crippen LogP contribution in [0.5, 0.6) is 0 Å². The van der Waals surface area contributed by atoms with Crippen molar-refractivity contribution >= 4 is 21.4 Å². The van der Waals surface area contributed by atoms with Crippen LogP contribution in [0.4, 0.5) is 0 Å². The van der Waals surface area contributed by atoms with Gasteiger partial charge in [0.15, 0.2) is 5.76 Å². The summed E-state index contributed by atoms with van der Waals surface area (Å²) in [7, 11) is -3.50. The van der Waals surface area contributed by atoms with E-state index in [4.69, 9.17) is 4.52 Å². The summed E-state index contributed by atoms with van der Waals surface area (Å²) in [6.07, 6.45) is 5.77. The van der Waals surface area contributed by atoms with E-state index in [1.54, 1.807) is 24.4 Å². The molecule has 1 aliphatic heterocycles.